The van der Waals surface area contributed by atoms with E-state index in [2.05, 4.69) is 33.3 Å². The fourth-order valence-electron chi connectivity index (χ4n) is 2.02. The fourth-order valence-corrected chi connectivity index (χ4v) is 3.33. The van der Waals surface area contributed by atoms with Gasteiger partial charge in [-0.05, 0) is 26.0 Å². The summed E-state index contributed by atoms with van der Waals surface area (Å²) >= 11 is 15.8. The third kappa shape index (κ3) is 3.25. The lowest BCUT2D eigenvalue weighted by Crippen LogP contribution is -2.08. The van der Waals surface area contributed by atoms with Gasteiger partial charge in [0, 0.05) is 23.3 Å². The van der Waals surface area contributed by atoms with Crippen molar-refractivity contribution in [2.24, 2.45) is 7.05 Å². The van der Waals surface area contributed by atoms with Crippen molar-refractivity contribution in [3.8, 4) is 0 Å². The highest BCUT2D eigenvalue weighted by atomic mass is 79.9. The molecule has 1 unspecified atom stereocenters. The van der Waals surface area contributed by atoms with E-state index in [0.29, 0.717) is 10.0 Å². The largest absolute Gasteiger partial charge is 0.376 e. The van der Waals surface area contributed by atoms with Crippen molar-refractivity contribution in [3.05, 3.63) is 44.1 Å². The molecule has 0 bridgehead atoms. The number of benzene rings is 1. The maximum atomic E-state index is 6.21. The summed E-state index contributed by atoms with van der Waals surface area (Å²) in [6.07, 6.45) is 1.99. The van der Waals surface area contributed by atoms with Crippen LogP contribution in [0.15, 0.2) is 22.8 Å². The second kappa shape index (κ2) is 5.73. The van der Waals surface area contributed by atoms with Gasteiger partial charge >= 0.3 is 0 Å². The standard InChI is InChI=1S/C13H14BrCl2N3/c1-7(10-6-19(3)18-8(10)2)17-13-11(15)4-9(14)5-12(13)16/h4-7,17H,1-3H3. The number of anilines is 1. The van der Waals surface area contributed by atoms with Gasteiger partial charge in [0.05, 0.1) is 27.5 Å². The zero-order valence-corrected chi connectivity index (χ0v) is 13.9. The van der Waals surface area contributed by atoms with Gasteiger partial charge in [-0.2, -0.15) is 5.10 Å². The lowest BCUT2D eigenvalue weighted by Gasteiger charge is -2.17. The molecule has 1 aromatic carbocycles. The third-order valence-electron chi connectivity index (χ3n) is 2.89. The molecule has 0 radical (unpaired) electrons. The number of rotatable bonds is 3. The lowest BCUT2D eigenvalue weighted by atomic mass is 10.1. The minimum atomic E-state index is 0.0740. The summed E-state index contributed by atoms with van der Waals surface area (Å²) in [6, 6.07) is 3.71. The van der Waals surface area contributed by atoms with Crippen molar-refractivity contribution < 1.29 is 0 Å². The molecule has 1 N–H and O–H groups in total. The van der Waals surface area contributed by atoms with Gasteiger partial charge < -0.3 is 5.32 Å². The number of aromatic nitrogens is 2. The van der Waals surface area contributed by atoms with Crippen LogP contribution in [0.5, 0.6) is 0 Å². The van der Waals surface area contributed by atoms with Gasteiger partial charge in [-0.1, -0.05) is 39.1 Å². The molecule has 0 saturated carbocycles. The van der Waals surface area contributed by atoms with Crippen molar-refractivity contribution in [2.45, 2.75) is 19.9 Å². The number of aryl methyl sites for hydroxylation is 2. The Bertz CT molecular complexity index is 587. The Labute approximate surface area is 131 Å². The van der Waals surface area contributed by atoms with Crippen molar-refractivity contribution in [3.63, 3.8) is 0 Å². The van der Waals surface area contributed by atoms with Crippen molar-refractivity contribution >= 4 is 44.8 Å². The second-order valence-corrected chi connectivity index (χ2v) is 6.18. The van der Waals surface area contributed by atoms with E-state index >= 15 is 0 Å². The zero-order valence-electron chi connectivity index (χ0n) is 10.8. The minimum Gasteiger partial charge on any atom is -0.376 e. The van der Waals surface area contributed by atoms with Gasteiger partial charge in [-0.25, -0.2) is 0 Å². The first kappa shape index (κ1) is 14.7. The fraction of sp³-hybridized carbons (Fsp3) is 0.308. The molecule has 0 spiro atoms. The van der Waals surface area contributed by atoms with Crippen molar-refractivity contribution in [1.82, 2.24) is 9.78 Å². The summed E-state index contributed by atoms with van der Waals surface area (Å²) in [5.74, 6) is 0. The molecule has 6 heteroatoms. The molecular formula is C13H14BrCl2N3. The van der Waals surface area contributed by atoms with Crippen LogP contribution in [0.4, 0.5) is 5.69 Å². The average Bonchev–Trinajstić information content (AvgIpc) is 2.62. The number of nitrogens with zero attached hydrogens (tertiary/aromatic N) is 2. The summed E-state index contributed by atoms with van der Waals surface area (Å²) in [7, 11) is 1.91. The summed E-state index contributed by atoms with van der Waals surface area (Å²) in [6.45, 7) is 4.04. The molecule has 0 saturated heterocycles. The number of hydrogen-bond acceptors (Lipinski definition) is 2. The van der Waals surface area contributed by atoms with E-state index in [4.69, 9.17) is 23.2 Å². The van der Waals surface area contributed by atoms with Crippen LogP contribution in [0.3, 0.4) is 0 Å². The molecule has 3 nitrogen and oxygen atoms in total. The van der Waals surface area contributed by atoms with Gasteiger partial charge in [0.25, 0.3) is 0 Å². The zero-order chi connectivity index (χ0) is 14.2. The Morgan fingerprint density at radius 2 is 1.89 bits per heavy atom. The molecule has 102 valence electrons. The van der Waals surface area contributed by atoms with E-state index in [1.165, 1.54) is 0 Å². The molecule has 19 heavy (non-hydrogen) atoms. The molecular weight excluding hydrogens is 349 g/mol. The van der Waals surface area contributed by atoms with E-state index in [0.717, 1.165) is 21.4 Å². The van der Waals surface area contributed by atoms with Crippen LogP contribution in [0.2, 0.25) is 10.0 Å². The molecule has 0 fully saturated rings. The average molecular weight is 363 g/mol. The highest BCUT2D eigenvalue weighted by Gasteiger charge is 2.15. The van der Waals surface area contributed by atoms with Crippen LogP contribution in [0.25, 0.3) is 0 Å². The van der Waals surface area contributed by atoms with Crippen molar-refractivity contribution in [1.29, 1.82) is 0 Å². The Balaban J connectivity index is 2.29. The maximum absolute atomic E-state index is 6.21. The Morgan fingerprint density at radius 1 is 1.32 bits per heavy atom. The number of halogens is 3. The van der Waals surface area contributed by atoms with Crippen LogP contribution in [0, 0.1) is 6.92 Å². The first-order valence-electron chi connectivity index (χ1n) is 5.79. The predicted molar refractivity (Wildman–Crippen MR) is 84.1 cm³/mol. The molecule has 1 heterocycles. The number of nitrogens with one attached hydrogen (secondary N) is 1. The molecule has 2 aromatic rings. The second-order valence-electron chi connectivity index (χ2n) is 4.45. The van der Waals surface area contributed by atoms with Crippen LogP contribution in [0.1, 0.15) is 24.2 Å². The van der Waals surface area contributed by atoms with Crippen LogP contribution in [-0.4, -0.2) is 9.78 Å². The van der Waals surface area contributed by atoms with Crippen LogP contribution in [-0.2, 0) is 7.05 Å². The van der Waals surface area contributed by atoms with Crippen LogP contribution >= 0.6 is 39.1 Å². The van der Waals surface area contributed by atoms with Gasteiger partial charge in [0.15, 0.2) is 0 Å². The van der Waals surface area contributed by atoms with Gasteiger partial charge in [0.1, 0.15) is 0 Å². The van der Waals surface area contributed by atoms with Gasteiger partial charge in [0.2, 0.25) is 0 Å². The first-order valence-corrected chi connectivity index (χ1v) is 7.34. The molecule has 0 aliphatic carbocycles. The molecule has 1 aromatic heterocycles. The SMILES string of the molecule is Cc1nn(C)cc1C(C)Nc1c(Cl)cc(Br)cc1Cl. The third-order valence-corrected chi connectivity index (χ3v) is 3.94. The van der Waals surface area contributed by atoms with Gasteiger partial charge in [-0.3, -0.25) is 4.68 Å². The van der Waals surface area contributed by atoms with Crippen LogP contribution < -0.4 is 5.32 Å². The van der Waals surface area contributed by atoms with E-state index < -0.39 is 0 Å². The summed E-state index contributed by atoms with van der Waals surface area (Å²) < 4.78 is 2.66. The van der Waals surface area contributed by atoms with E-state index in [9.17, 15) is 0 Å². The van der Waals surface area contributed by atoms with E-state index in [-0.39, 0.29) is 6.04 Å². The van der Waals surface area contributed by atoms with E-state index in [1.54, 1.807) is 4.68 Å². The Hall–Kier alpha value is -0.710. The van der Waals surface area contributed by atoms with Crippen molar-refractivity contribution in [2.75, 3.05) is 5.32 Å². The molecule has 1 atom stereocenters. The quantitative estimate of drug-likeness (QED) is 0.835. The molecule has 2 rings (SSSR count). The molecule has 0 aliphatic heterocycles. The normalized spacial score (nSPS) is 12.5. The molecule has 0 amide bonds. The highest BCUT2D eigenvalue weighted by molar-refractivity contribution is 9.10. The number of hydrogen-bond donors (Lipinski definition) is 1. The van der Waals surface area contributed by atoms with E-state index in [1.807, 2.05) is 32.3 Å². The Morgan fingerprint density at radius 3 is 2.37 bits per heavy atom. The summed E-state index contributed by atoms with van der Waals surface area (Å²) in [5.41, 5.74) is 2.85. The topological polar surface area (TPSA) is 29.9 Å². The highest BCUT2D eigenvalue weighted by Crippen LogP contribution is 2.36. The predicted octanol–water partition coefficient (Wildman–Crippen LogP) is 4.97. The monoisotopic (exact) mass is 361 g/mol. The summed E-state index contributed by atoms with van der Waals surface area (Å²) in [5, 5.41) is 8.86. The summed E-state index contributed by atoms with van der Waals surface area (Å²) in [4.78, 5) is 0. The lowest BCUT2D eigenvalue weighted by molar-refractivity contribution is 0.756. The van der Waals surface area contributed by atoms with Gasteiger partial charge in [-0.15, -0.1) is 0 Å². The molecule has 0 aliphatic rings. The minimum absolute atomic E-state index is 0.0740. The smallest absolute Gasteiger partial charge is 0.0724 e. The Kier molecular flexibility index (Phi) is 4.43. The first-order chi connectivity index (χ1) is 8.88. The maximum Gasteiger partial charge on any atom is 0.0724 e.